The van der Waals surface area contributed by atoms with Gasteiger partial charge in [-0.05, 0) is 24.7 Å². The number of hydrogen-bond donors (Lipinski definition) is 2. The molecule has 0 aliphatic heterocycles. The molecule has 2 N–H and O–H groups in total. The van der Waals surface area contributed by atoms with Crippen LogP contribution in [0.2, 0.25) is 0 Å². The summed E-state index contributed by atoms with van der Waals surface area (Å²) in [5.74, 6) is 1.32. The van der Waals surface area contributed by atoms with Crippen molar-refractivity contribution in [3.63, 3.8) is 0 Å². The smallest absolute Gasteiger partial charge is 0.244 e. The van der Waals surface area contributed by atoms with E-state index >= 15 is 0 Å². The van der Waals surface area contributed by atoms with Crippen molar-refractivity contribution in [3.05, 3.63) is 12.2 Å². The number of nitrogens with one attached hydrogen (secondary N) is 2. The van der Waals surface area contributed by atoms with E-state index in [4.69, 9.17) is 0 Å². The normalized spacial score (nSPS) is 11.6. The molecule has 0 spiro atoms. The Morgan fingerprint density at radius 3 is 1.03 bits per heavy atom. The summed E-state index contributed by atoms with van der Waals surface area (Å²) in [4.78, 5) is 23.7. The number of hydrogen-bond acceptors (Lipinski definition) is 2. The second-order valence-electron chi connectivity index (χ2n) is 10.9. The summed E-state index contributed by atoms with van der Waals surface area (Å²) in [6, 6.07) is 0. The Labute approximate surface area is 212 Å². The number of rotatable bonds is 24. The largest absolute Gasteiger partial charge is 0.353 e. The van der Waals surface area contributed by atoms with Gasteiger partial charge in [0, 0.05) is 25.2 Å². The first-order valence-corrected chi connectivity index (χ1v) is 14.7. The third-order valence-electron chi connectivity index (χ3n) is 6.40. The van der Waals surface area contributed by atoms with Crippen molar-refractivity contribution in [2.24, 2.45) is 11.8 Å². The minimum Gasteiger partial charge on any atom is -0.353 e. The second-order valence-corrected chi connectivity index (χ2v) is 10.9. The molecule has 0 atom stereocenters. The van der Waals surface area contributed by atoms with Gasteiger partial charge >= 0.3 is 0 Å². The molecule has 0 unspecified atom stereocenters. The number of amides is 2. The lowest BCUT2D eigenvalue weighted by atomic mass is 10.0. The zero-order valence-corrected chi connectivity index (χ0v) is 23.3. The summed E-state index contributed by atoms with van der Waals surface area (Å²) in [6.07, 6.45) is 25.7. The molecule has 4 heteroatoms. The summed E-state index contributed by atoms with van der Waals surface area (Å²) in [6.45, 7) is 10.6. The number of unbranched alkanes of at least 4 members (excludes halogenated alkanes) is 14. The molecule has 0 heterocycles. The van der Waals surface area contributed by atoms with Crippen molar-refractivity contribution in [3.8, 4) is 0 Å². The van der Waals surface area contributed by atoms with Crippen molar-refractivity contribution in [1.29, 1.82) is 0 Å². The highest BCUT2D eigenvalue weighted by atomic mass is 16.2. The molecule has 0 aromatic rings. The number of carbonyl (C=O) groups is 2. The molecule has 0 saturated carbocycles. The lowest BCUT2D eigenvalue weighted by Crippen LogP contribution is -2.25. The van der Waals surface area contributed by atoms with E-state index in [0.29, 0.717) is 13.1 Å². The molecular weight excluding hydrogens is 420 g/mol. The predicted molar refractivity (Wildman–Crippen MR) is 148 cm³/mol. The van der Waals surface area contributed by atoms with Crippen molar-refractivity contribution in [2.45, 2.75) is 143 Å². The molecule has 34 heavy (non-hydrogen) atoms. The van der Waals surface area contributed by atoms with E-state index in [2.05, 4.69) is 38.3 Å². The summed E-state index contributed by atoms with van der Waals surface area (Å²) < 4.78 is 0. The highest BCUT2D eigenvalue weighted by Crippen LogP contribution is 2.13. The molecule has 0 aromatic heterocycles. The maximum Gasteiger partial charge on any atom is 0.244 e. The fourth-order valence-electron chi connectivity index (χ4n) is 4.17. The molecule has 0 aliphatic carbocycles. The van der Waals surface area contributed by atoms with Crippen molar-refractivity contribution in [1.82, 2.24) is 10.6 Å². The zero-order chi connectivity index (χ0) is 25.3. The van der Waals surface area contributed by atoms with E-state index in [9.17, 15) is 9.59 Å². The topological polar surface area (TPSA) is 58.2 Å². The molecule has 0 saturated heterocycles. The standard InChI is InChI=1S/C30H58N2O2/c1-27(2)21-17-13-9-5-7-11-15-19-25-31-29(33)23-24-30(34)32-26-20-16-12-8-6-10-14-18-22-28(3)4/h23-24,27-28H,5-22,25-26H2,1-4H3,(H,31,33)(H,32,34). The van der Waals surface area contributed by atoms with Gasteiger partial charge in [-0.25, -0.2) is 0 Å². The van der Waals surface area contributed by atoms with Gasteiger partial charge in [0.05, 0.1) is 0 Å². The minimum absolute atomic E-state index is 0.173. The molecule has 0 rings (SSSR count). The predicted octanol–water partition coefficient (Wildman–Crippen LogP) is 8.11. The third kappa shape index (κ3) is 26.9. The molecule has 200 valence electrons. The highest BCUT2D eigenvalue weighted by Gasteiger charge is 2.00. The first-order chi connectivity index (χ1) is 16.4. The lowest BCUT2D eigenvalue weighted by molar-refractivity contribution is -0.118. The Morgan fingerprint density at radius 2 is 0.735 bits per heavy atom. The average molecular weight is 479 g/mol. The Morgan fingerprint density at radius 1 is 0.471 bits per heavy atom. The maximum atomic E-state index is 11.8. The fourth-order valence-corrected chi connectivity index (χ4v) is 4.17. The molecular formula is C30H58N2O2. The molecule has 2 amide bonds. The van der Waals surface area contributed by atoms with Gasteiger partial charge in [-0.15, -0.1) is 0 Å². The van der Waals surface area contributed by atoms with Crippen LogP contribution in [0.3, 0.4) is 0 Å². The van der Waals surface area contributed by atoms with Crippen molar-refractivity contribution >= 4 is 11.8 Å². The number of carbonyl (C=O) groups excluding carboxylic acids is 2. The summed E-state index contributed by atoms with van der Waals surface area (Å²) in [7, 11) is 0. The van der Waals surface area contributed by atoms with Gasteiger partial charge in [-0.2, -0.15) is 0 Å². The van der Waals surface area contributed by atoms with Gasteiger partial charge in [0.1, 0.15) is 0 Å². The van der Waals surface area contributed by atoms with Gasteiger partial charge in [-0.1, -0.05) is 130 Å². The van der Waals surface area contributed by atoms with Gasteiger partial charge in [-0.3, -0.25) is 9.59 Å². The first kappa shape index (κ1) is 32.7. The van der Waals surface area contributed by atoms with Crippen molar-refractivity contribution in [2.75, 3.05) is 13.1 Å². The van der Waals surface area contributed by atoms with E-state index in [-0.39, 0.29) is 11.8 Å². The van der Waals surface area contributed by atoms with Crippen LogP contribution in [0, 0.1) is 11.8 Å². The molecule has 0 bridgehead atoms. The Hall–Kier alpha value is -1.32. The van der Waals surface area contributed by atoms with E-state index in [1.54, 1.807) is 0 Å². The Kier molecular flexibility index (Phi) is 23.8. The first-order valence-electron chi connectivity index (χ1n) is 14.7. The molecule has 0 aromatic carbocycles. The van der Waals surface area contributed by atoms with E-state index in [1.807, 2.05) is 0 Å². The van der Waals surface area contributed by atoms with E-state index in [0.717, 1.165) is 37.5 Å². The summed E-state index contributed by atoms with van der Waals surface area (Å²) in [5, 5.41) is 5.75. The average Bonchev–Trinajstić information content (AvgIpc) is 2.79. The van der Waals surface area contributed by atoms with E-state index < -0.39 is 0 Å². The molecule has 0 aliphatic rings. The quantitative estimate of drug-likeness (QED) is 0.109. The summed E-state index contributed by atoms with van der Waals surface area (Å²) >= 11 is 0. The third-order valence-corrected chi connectivity index (χ3v) is 6.40. The fraction of sp³-hybridized carbons (Fsp3) is 0.867. The van der Waals surface area contributed by atoms with Crippen LogP contribution in [0.1, 0.15) is 143 Å². The summed E-state index contributed by atoms with van der Waals surface area (Å²) in [5.41, 5.74) is 0. The van der Waals surface area contributed by atoms with Crippen LogP contribution in [0.15, 0.2) is 12.2 Å². The highest BCUT2D eigenvalue weighted by molar-refractivity contribution is 5.96. The lowest BCUT2D eigenvalue weighted by Gasteiger charge is -2.05. The van der Waals surface area contributed by atoms with Crippen LogP contribution in [0.5, 0.6) is 0 Å². The van der Waals surface area contributed by atoms with Crippen LogP contribution in [0.4, 0.5) is 0 Å². The van der Waals surface area contributed by atoms with Gasteiger partial charge in [0.2, 0.25) is 11.8 Å². The SMILES string of the molecule is CC(C)CCCCCCCCCCNC(=O)C=CC(=O)NCCCCCCCCCCC(C)C. The van der Waals surface area contributed by atoms with Crippen LogP contribution >= 0.6 is 0 Å². The second kappa shape index (κ2) is 24.8. The van der Waals surface area contributed by atoms with Gasteiger partial charge in [0.25, 0.3) is 0 Å². The van der Waals surface area contributed by atoms with Crippen molar-refractivity contribution < 1.29 is 9.59 Å². The monoisotopic (exact) mass is 478 g/mol. The molecule has 0 radical (unpaired) electrons. The Balaban J connectivity index is 3.41. The Bertz CT molecular complexity index is 456. The zero-order valence-electron chi connectivity index (χ0n) is 23.3. The van der Waals surface area contributed by atoms with Gasteiger partial charge < -0.3 is 10.6 Å². The molecule has 0 fully saturated rings. The van der Waals surface area contributed by atoms with E-state index in [1.165, 1.54) is 102 Å². The minimum atomic E-state index is -0.173. The maximum absolute atomic E-state index is 11.8. The van der Waals surface area contributed by atoms with Crippen LogP contribution in [-0.4, -0.2) is 24.9 Å². The van der Waals surface area contributed by atoms with Crippen LogP contribution in [0.25, 0.3) is 0 Å². The molecule has 4 nitrogen and oxygen atoms in total. The van der Waals surface area contributed by atoms with Crippen LogP contribution < -0.4 is 10.6 Å². The van der Waals surface area contributed by atoms with Gasteiger partial charge in [0.15, 0.2) is 0 Å². The van der Waals surface area contributed by atoms with Crippen LogP contribution in [-0.2, 0) is 9.59 Å².